The highest BCUT2D eigenvalue weighted by molar-refractivity contribution is 6.42. The van der Waals surface area contributed by atoms with E-state index in [9.17, 15) is 4.79 Å². The van der Waals surface area contributed by atoms with Crippen LogP contribution in [-0.4, -0.2) is 37.5 Å². The Morgan fingerprint density at radius 2 is 1.73 bits per heavy atom. The van der Waals surface area contributed by atoms with Gasteiger partial charge < -0.3 is 10.2 Å². The van der Waals surface area contributed by atoms with Crippen LogP contribution in [0.1, 0.15) is 64.2 Å². The molecule has 0 bridgehead atoms. The van der Waals surface area contributed by atoms with Gasteiger partial charge in [0.15, 0.2) is 0 Å². The molecule has 0 unspecified atom stereocenters. The molecule has 192 valence electrons. The van der Waals surface area contributed by atoms with Crippen molar-refractivity contribution in [2.75, 3.05) is 26.7 Å². The molecular weight excluding hydrogens is 499 g/mol. The van der Waals surface area contributed by atoms with Crippen LogP contribution in [0.2, 0.25) is 10.0 Å². The SMILES string of the molecule is Cc1ccc(C(=O)N(C)C[C@@H](CCC2=Cc3ccccc3C23CCNCC3)c2ccc(Cl)c(Cl)c2)cc1. The molecule has 1 atom stereocenters. The van der Waals surface area contributed by atoms with Crippen LogP contribution in [0.4, 0.5) is 0 Å². The van der Waals surface area contributed by atoms with Crippen LogP contribution < -0.4 is 5.32 Å². The fourth-order valence-corrected chi connectivity index (χ4v) is 6.41. The molecule has 1 fully saturated rings. The summed E-state index contributed by atoms with van der Waals surface area (Å²) in [6.07, 6.45) is 6.58. The van der Waals surface area contributed by atoms with E-state index in [0.29, 0.717) is 22.2 Å². The van der Waals surface area contributed by atoms with Crippen LogP contribution in [0, 0.1) is 6.92 Å². The molecule has 37 heavy (non-hydrogen) atoms. The monoisotopic (exact) mass is 532 g/mol. The lowest BCUT2D eigenvalue weighted by Crippen LogP contribution is -2.40. The summed E-state index contributed by atoms with van der Waals surface area (Å²) in [6.45, 7) is 4.72. The first-order valence-electron chi connectivity index (χ1n) is 13.2. The number of halogens is 2. The fourth-order valence-electron chi connectivity index (χ4n) is 6.10. The van der Waals surface area contributed by atoms with Gasteiger partial charge in [0, 0.05) is 30.5 Å². The topological polar surface area (TPSA) is 32.3 Å². The maximum Gasteiger partial charge on any atom is 0.253 e. The van der Waals surface area contributed by atoms with Gasteiger partial charge in [-0.15, -0.1) is 0 Å². The van der Waals surface area contributed by atoms with Crippen molar-refractivity contribution in [3.05, 3.63) is 110 Å². The number of aryl methyl sites for hydroxylation is 1. The van der Waals surface area contributed by atoms with Crippen molar-refractivity contribution in [3.63, 3.8) is 0 Å². The third kappa shape index (κ3) is 5.36. The Labute approximate surface area is 230 Å². The summed E-state index contributed by atoms with van der Waals surface area (Å²) in [6, 6.07) is 22.5. The van der Waals surface area contributed by atoms with Crippen LogP contribution in [0.15, 0.2) is 72.3 Å². The molecule has 0 radical (unpaired) electrons. The van der Waals surface area contributed by atoms with Crippen LogP contribution in [-0.2, 0) is 5.41 Å². The van der Waals surface area contributed by atoms with E-state index in [1.54, 1.807) is 0 Å². The molecule has 2 aliphatic rings. The molecule has 1 heterocycles. The van der Waals surface area contributed by atoms with Crippen molar-refractivity contribution in [2.45, 2.75) is 43.9 Å². The van der Waals surface area contributed by atoms with E-state index in [2.05, 4.69) is 41.7 Å². The molecule has 3 nitrogen and oxygen atoms in total. The van der Waals surface area contributed by atoms with Crippen molar-refractivity contribution < 1.29 is 4.79 Å². The standard InChI is InChI=1S/C32H34Cl2N2O/c1-22-7-9-23(10-8-22)31(37)36(2)21-26(24-12-14-29(33)30(34)20-24)11-13-27-19-25-5-3-4-6-28(25)32(27)15-17-35-18-16-32/h3-10,12,14,19-20,26,35H,11,13,15-18,21H2,1-2H3/t26-/m1/s1. The number of piperidine rings is 1. The normalized spacial score (nSPS) is 16.8. The number of amides is 1. The van der Waals surface area contributed by atoms with Gasteiger partial charge in [0.05, 0.1) is 10.0 Å². The van der Waals surface area contributed by atoms with E-state index in [0.717, 1.165) is 49.9 Å². The Morgan fingerprint density at radius 1 is 1.00 bits per heavy atom. The molecule has 3 aromatic rings. The lowest BCUT2D eigenvalue weighted by molar-refractivity contribution is 0.0784. The van der Waals surface area contributed by atoms with Crippen molar-refractivity contribution in [3.8, 4) is 0 Å². The van der Waals surface area contributed by atoms with Gasteiger partial charge in [-0.25, -0.2) is 0 Å². The second-order valence-corrected chi connectivity index (χ2v) is 11.4. The smallest absolute Gasteiger partial charge is 0.253 e. The predicted molar refractivity (Wildman–Crippen MR) is 155 cm³/mol. The number of carbonyl (C=O) groups is 1. The van der Waals surface area contributed by atoms with Gasteiger partial charge >= 0.3 is 0 Å². The third-order valence-electron chi connectivity index (χ3n) is 8.19. The number of nitrogens with zero attached hydrogens (tertiary/aromatic N) is 1. The Bertz CT molecular complexity index is 1310. The molecule has 5 heteroatoms. The lowest BCUT2D eigenvalue weighted by Gasteiger charge is -2.38. The van der Waals surface area contributed by atoms with Gasteiger partial charge in [0.1, 0.15) is 0 Å². The first-order chi connectivity index (χ1) is 17.9. The van der Waals surface area contributed by atoms with Crippen LogP contribution >= 0.6 is 23.2 Å². The van der Waals surface area contributed by atoms with Gasteiger partial charge in [0.25, 0.3) is 5.91 Å². The van der Waals surface area contributed by atoms with Gasteiger partial charge in [-0.1, -0.05) is 82.9 Å². The fraction of sp³-hybridized carbons (Fsp3) is 0.344. The Hall–Kier alpha value is -2.59. The summed E-state index contributed by atoms with van der Waals surface area (Å²) in [5, 5.41) is 4.65. The Balaban J connectivity index is 1.40. The van der Waals surface area contributed by atoms with Crippen molar-refractivity contribution >= 4 is 35.2 Å². The zero-order valence-corrected chi connectivity index (χ0v) is 23.1. The summed E-state index contributed by atoms with van der Waals surface area (Å²) in [7, 11) is 1.89. The number of likely N-dealkylation sites (N-methyl/N-ethyl adjacent to an activating group) is 1. The molecule has 5 rings (SSSR count). The molecule has 1 aliphatic carbocycles. The van der Waals surface area contributed by atoms with Gasteiger partial charge in [-0.2, -0.15) is 0 Å². The van der Waals surface area contributed by atoms with E-state index in [4.69, 9.17) is 23.2 Å². The molecule has 1 spiro atoms. The van der Waals surface area contributed by atoms with E-state index in [1.165, 1.54) is 16.7 Å². The van der Waals surface area contributed by atoms with Crippen molar-refractivity contribution in [1.29, 1.82) is 0 Å². The Kier molecular flexibility index (Phi) is 7.76. The lowest BCUT2D eigenvalue weighted by atomic mass is 9.69. The summed E-state index contributed by atoms with van der Waals surface area (Å²) < 4.78 is 0. The minimum absolute atomic E-state index is 0.0346. The second kappa shape index (κ2) is 11.0. The number of benzene rings is 3. The van der Waals surface area contributed by atoms with E-state index < -0.39 is 0 Å². The zero-order valence-electron chi connectivity index (χ0n) is 21.6. The molecule has 1 saturated heterocycles. The molecule has 3 aromatic carbocycles. The largest absolute Gasteiger partial charge is 0.341 e. The number of allylic oxidation sites excluding steroid dienone is 1. The maximum atomic E-state index is 13.3. The first-order valence-corrected chi connectivity index (χ1v) is 13.9. The molecular formula is C32H34Cl2N2O. The summed E-state index contributed by atoms with van der Waals surface area (Å²) in [4.78, 5) is 15.1. The quantitative estimate of drug-likeness (QED) is 0.338. The number of nitrogens with one attached hydrogen (secondary N) is 1. The molecule has 0 saturated carbocycles. The van der Waals surface area contributed by atoms with Gasteiger partial charge in [-0.3, -0.25) is 4.79 Å². The number of carbonyl (C=O) groups excluding carboxylic acids is 1. The third-order valence-corrected chi connectivity index (χ3v) is 8.93. The first kappa shape index (κ1) is 26.0. The molecule has 1 amide bonds. The number of rotatable bonds is 7. The van der Waals surface area contributed by atoms with Crippen LogP contribution in [0.25, 0.3) is 6.08 Å². The highest BCUT2D eigenvalue weighted by atomic mass is 35.5. The number of fused-ring (bicyclic) bond motifs is 2. The Morgan fingerprint density at radius 3 is 2.46 bits per heavy atom. The zero-order chi connectivity index (χ0) is 26.0. The predicted octanol–water partition coefficient (Wildman–Crippen LogP) is 7.66. The van der Waals surface area contributed by atoms with E-state index in [-0.39, 0.29) is 17.2 Å². The molecule has 1 N–H and O–H groups in total. The molecule has 1 aliphatic heterocycles. The highest BCUT2D eigenvalue weighted by Crippen LogP contribution is 2.50. The van der Waals surface area contributed by atoms with E-state index in [1.807, 2.05) is 55.3 Å². The van der Waals surface area contributed by atoms with Crippen molar-refractivity contribution in [2.24, 2.45) is 0 Å². The summed E-state index contributed by atoms with van der Waals surface area (Å²) >= 11 is 12.7. The van der Waals surface area contributed by atoms with Gasteiger partial charge in [0.2, 0.25) is 0 Å². The number of hydrogen-bond donors (Lipinski definition) is 1. The van der Waals surface area contributed by atoms with E-state index >= 15 is 0 Å². The average molecular weight is 534 g/mol. The number of hydrogen-bond acceptors (Lipinski definition) is 2. The van der Waals surface area contributed by atoms with Crippen molar-refractivity contribution in [1.82, 2.24) is 10.2 Å². The van der Waals surface area contributed by atoms with Gasteiger partial charge in [-0.05, 0) is 86.7 Å². The summed E-state index contributed by atoms with van der Waals surface area (Å²) in [5.41, 5.74) is 7.45. The maximum absolute atomic E-state index is 13.3. The van der Waals surface area contributed by atoms with Crippen LogP contribution in [0.3, 0.4) is 0 Å². The minimum Gasteiger partial charge on any atom is -0.341 e. The highest BCUT2D eigenvalue weighted by Gasteiger charge is 2.41. The average Bonchev–Trinajstić information content (AvgIpc) is 3.21. The second-order valence-electron chi connectivity index (χ2n) is 10.5. The molecule has 0 aromatic heterocycles. The summed E-state index contributed by atoms with van der Waals surface area (Å²) in [5.74, 6) is 0.171. The van der Waals surface area contributed by atoms with Crippen LogP contribution in [0.5, 0.6) is 0 Å². The minimum atomic E-state index is 0.0346.